The minimum absolute atomic E-state index is 0.000132. The lowest BCUT2D eigenvalue weighted by atomic mass is 10.1. The Labute approximate surface area is 250 Å². The molecule has 0 aliphatic heterocycles. The van der Waals surface area contributed by atoms with Gasteiger partial charge in [-0.25, -0.2) is 8.42 Å². The lowest BCUT2D eigenvalue weighted by molar-refractivity contribution is -0.139. The zero-order valence-corrected chi connectivity index (χ0v) is 26.2. The third kappa shape index (κ3) is 8.23. The Morgan fingerprint density at radius 1 is 0.927 bits per heavy atom. The summed E-state index contributed by atoms with van der Waals surface area (Å²) < 4.78 is 40.7. The van der Waals surface area contributed by atoms with Crippen molar-refractivity contribution >= 4 is 43.5 Å². The predicted molar refractivity (Wildman–Crippen MR) is 163 cm³/mol. The van der Waals surface area contributed by atoms with Crippen LogP contribution in [0.25, 0.3) is 0 Å². The van der Waals surface area contributed by atoms with E-state index in [-0.39, 0.29) is 34.7 Å². The second-order valence-electron chi connectivity index (χ2n) is 9.83. The molecule has 0 aliphatic rings. The summed E-state index contributed by atoms with van der Waals surface area (Å²) in [5.74, 6) is -0.0613. The van der Waals surface area contributed by atoms with Gasteiger partial charge in [0, 0.05) is 23.6 Å². The van der Waals surface area contributed by atoms with Crippen LogP contribution in [0.5, 0.6) is 11.5 Å². The van der Waals surface area contributed by atoms with E-state index in [1.54, 1.807) is 37.3 Å². The smallest absolute Gasteiger partial charge is 0.264 e. The van der Waals surface area contributed by atoms with Gasteiger partial charge in [0.25, 0.3) is 10.0 Å². The molecule has 0 spiro atoms. The topological polar surface area (TPSA) is 105 Å². The molecule has 220 valence electrons. The summed E-state index contributed by atoms with van der Waals surface area (Å²) in [6.07, 6.45) is 0. The fraction of sp³-hybridized carbons (Fsp3) is 0.333. The van der Waals surface area contributed by atoms with Crippen molar-refractivity contribution in [3.05, 3.63) is 82.8 Å². The molecule has 0 saturated heterocycles. The summed E-state index contributed by atoms with van der Waals surface area (Å²) in [6.45, 7) is 5.54. The van der Waals surface area contributed by atoms with Crippen molar-refractivity contribution in [2.24, 2.45) is 5.92 Å². The minimum atomic E-state index is -4.24. The van der Waals surface area contributed by atoms with Crippen LogP contribution in [0.1, 0.15) is 26.3 Å². The van der Waals surface area contributed by atoms with Crippen LogP contribution in [0.2, 0.25) is 0 Å². The monoisotopic (exact) mass is 645 g/mol. The van der Waals surface area contributed by atoms with Gasteiger partial charge in [0.15, 0.2) is 0 Å². The number of halogens is 1. The maximum Gasteiger partial charge on any atom is 0.264 e. The van der Waals surface area contributed by atoms with Gasteiger partial charge in [-0.15, -0.1) is 0 Å². The minimum Gasteiger partial charge on any atom is -0.497 e. The molecule has 0 fully saturated rings. The molecule has 9 nitrogen and oxygen atoms in total. The highest BCUT2D eigenvalue weighted by Crippen LogP contribution is 2.36. The standard InChI is InChI=1S/C30H36BrN3O6S/c1-21(2)18-32-30(36)22(3)33(19-23-11-13-24(31)14-12-23)29(35)20-34(41(37,38)26-9-7-6-8-10-26)27-17-25(39-4)15-16-28(27)40-5/h6-17,21-22H,18-20H2,1-5H3,(H,32,36). The molecule has 1 N–H and O–H groups in total. The lowest BCUT2D eigenvalue weighted by Crippen LogP contribution is -2.51. The number of amides is 2. The number of anilines is 1. The Balaban J connectivity index is 2.08. The zero-order chi connectivity index (χ0) is 30.2. The van der Waals surface area contributed by atoms with Gasteiger partial charge >= 0.3 is 0 Å². The van der Waals surface area contributed by atoms with Gasteiger partial charge in [0.1, 0.15) is 24.1 Å². The van der Waals surface area contributed by atoms with E-state index >= 15 is 0 Å². The molecule has 3 aromatic rings. The Bertz CT molecular complexity index is 1430. The van der Waals surface area contributed by atoms with Crippen molar-refractivity contribution in [1.82, 2.24) is 10.2 Å². The second kappa shape index (κ2) is 14.4. The van der Waals surface area contributed by atoms with Crippen LogP contribution in [0.3, 0.4) is 0 Å². The Morgan fingerprint density at radius 3 is 2.17 bits per heavy atom. The van der Waals surface area contributed by atoms with Crippen LogP contribution < -0.4 is 19.1 Å². The van der Waals surface area contributed by atoms with Crippen LogP contribution in [-0.2, 0) is 26.2 Å². The van der Waals surface area contributed by atoms with Crippen molar-refractivity contribution in [3.8, 4) is 11.5 Å². The van der Waals surface area contributed by atoms with E-state index in [9.17, 15) is 18.0 Å². The van der Waals surface area contributed by atoms with E-state index < -0.39 is 28.5 Å². The molecule has 2 amide bonds. The average Bonchev–Trinajstić information content (AvgIpc) is 2.97. The molecule has 41 heavy (non-hydrogen) atoms. The van der Waals surface area contributed by atoms with Crippen LogP contribution in [0.15, 0.2) is 82.2 Å². The Kier molecular flexibility index (Phi) is 11.2. The Morgan fingerprint density at radius 2 is 1.59 bits per heavy atom. The highest BCUT2D eigenvalue weighted by atomic mass is 79.9. The zero-order valence-electron chi connectivity index (χ0n) is 23.8. The van der Waals surface area contributed by atoms with Crippen LogP contribution in [0, 0.1) is 5.92 Å². The summed E-state index contributed by atoms with van der Waals surface area (Å²) in [7, 11) is -1.36. The molecular formula is C30H36BrN3O6S. The maximum absolute atomic E-state index is 14.1. The average molecular weight is 647 g/mol. The van der Waals surface area contributed by atoms with Gasteiger partial charge in [0.05, 0.1) is 24.8 Å². The van der Waals surface area contributed by atoms with Crippen molar-refractivity contribution in [3.63, 3.8) is 0 Å². The third-order valence-electron chi connectivity index (χ3n) is 6.38. The molecule has 3 aromatic carbocycles. The number of sulfonamides is 1. The van der Waals surface area contributed by atoms with Gasteiger partial charge in [-0.1, -0.05) is 60.1 Å². The summed E-state index contributed by atoms with van der Waals surface area (Å²) in [6, 6.07) is 19.0. The molecule has 11 heteroatoms. The van der Waals surface area contributed by atoms with Crippen molar-refractivity contribution in [1.29, 1.82) is 0 Å². The highest BCUT2D eigenvalue weighted by Gasteiger charge is 2.34. The van der Waals surface area contributed by atoms with Crippen molar-refractivity contribution < 1.29 is 27.5 Å². The molecule has 0 bridgehead atoms. The number of nitrogens with one attached hydrogen (secondary N) is 1. The molecule has 0 aliphatic carbocycles. The SMILES string of the molecule is COc1ccc(OC)c(N(CC(=O)N(Cc2ccc(Br)cc2)C(C)C(=O)NCC(C)C)S(=O)(=O)c2ccccc2)c1. The maximum atomic E-state index is 14.1. The number of methoxy groups -OCH3 is 2. The van der Waals surface area contributed by atoms with Gasteiger partial charge in [-0.3, -0.25) is 13.9 Å². The summed E-state index contributed by atoms with van der Waals surface area (Å²) in [5, 5.41) is 2.88. The normalized spacial score (nSPS) is 12.0. The fourth-order valence-electron chi connectivity index (χ4n) is 4.05. The fourth-order valence-corrected chi connectivity index (χ4v) is 5.75. The van der Waals surface area contributed by atoms with Crippen molar-refractivity contribution in [2.75, 3.05) is 31.6 Å². The largest absolute Gasteiger partial charge is 0.497 e. The van der Waals surface area contributed by atoms with E-state index in [4.69, 9.17) is 9.47 Å². The van der Waals surface area contributed by atoms with E-state index in [2.05, 4.69) is 21.2 Å². The number of hydrogen-bond donors (Lipinski definition) is 1. The molecule has 0 radical (unpaired) electrons. The summed E-state index contributed by atoms with van der Waals surface area (Å²) in [5.41, 5.74) is 0.908. The van der Waals surface area contributed by atoms with Gasteiger partial charge in [-0.2, -0.15) is 0 Å². The van der Waals surface area contributed by atoms with E-state index in [1.165, 1.54) is 37.3 Å². The number of hydrogen-bond acceptors (Lipinski definition) is 6. The lowest BCUT2D eigenvalue weighted by Gasteiger charge is -2.32. The van der Waals surface area contributed by atoms with E-state index in [1.807, 2.05) is 38.1 Å². The van der Waals surface area contributed by atoms with Gasteiger partial charge in [0.2, 0.25) is 11.8 Å². The number of benzene rings is 3. The number of rotatable bonds is 13. The highest BCUT2D eigenvalue weighted by molar-refractivity contribution is 9.10. The number of carbonyl (C=O) groups is 2. The molecule has 0 saturated carbocycles. The first kappa shape index (κ1) is 32.0. The van der Waals surface area contributed by atoms with E-state index in [0.29, 0.717) is 12.3 Å². The quantitative estimate of drug-likeness (QED) is 0.285. The van der Waals surface area contributed by atoms with Crippen LogP contribution in [-0.4, -0.2) is 58.5 Å². The van der Waals surface area contributed by atoms with E-state index in [0.717, 1.165) is 14.3 Å². The van der Waals surface area contributed by atoms with Gasteiger partial charge < -0.3 is 19.7 Å². The second-order valence-corrected chi connectivity index (χ2v) is 12.6. The number of nitrogens with zero attached hydrogens (tertiary/aromatic N) is 2. The Hall–Kier alpha value is -3.57. The van der Waals surface area contributed by atoms with Crippen molar-refractivity contribution in [2.45, 2.75) is 38.3 Å². The molecule has 0 heterocycles. The first-order valence-electron chi connectivity index (χ1n) is 13.1. The molecule has 3 rings (SSSR count). The summed E-state index contributed by atoms with van der Waals surface area (Å²) in [4.78, 5) is 28.6. The number of carbonyl (C=O) groups excluding carboxylic acids is 2. The molecule has 1 atom stereocenters. The summed E-state index contributed by atoms with van der Waals surface area (Å²) >= 11 is 3.41. The van der Waals surface area contributed by atoms with Crippen LogP contribution >= 0.6 is 15.9 Å². The number of ether oxygens (including phenoxy) is 2. The predicted octanol–water partition coefficient (Wildman–Crippen LogP) is 4.85. The van der Waals surface area contributed by atoms with Crippen LogP contribution in [0.4, 0.5) is 5.69 Å². The third-order valence-corrected chi connectivity index (χ3v) is 8.69. The molecule has 0 aromatic heterocycles. The molecular weight excluding hydrogens is 610 g/mol. The molecule has 1 unspecified atom stereocenters. The first-order chi connectivity index (χ1) is 19.5. The van der Waals surface area contributed by atoms with Gasteiger partial charge in [-0.05, 0) is 54.8 Å². The first-order valence-corrected chi connectivity index (χ1v) is 15.3.